The number of carboxylic acids is 1. The van der Waals surface area contributed by atoms with Crippen molar-refractivity contribution in [3.63, 3.8) is 0 Å². The molecule has 0 saturated carbocycles. The zero-order valence-electron chi connectivity index (χ0n) is 8.69. The number of nitrogens with zero attached hydrogens (tertiary/aromatic N) is 1. The maximum Gasteiger partial charge on any atom is 0.326 e. The first kappa shape index (κ1) is 12.7. The van der Waals surface area contributed by atoms with Crippen LogP contribution in [0.15, 0.2) is 12.7 Å². The van der Waals surface area contributed by atoms with Crippen molar-refractivity contribution >= 4 is 11.9 Å². The van der Waals surface area contributed by atoms with Crippen molar-refractivity contribution < 1.29 is 14.7 Å². The monoisotopic (exact) mass is 199 g/mol. The Hall–Kier alpha value is -1.32. The predicted molar refractivity (Wildman–Crippen MR) is 53.9 cm³/mol. The number of rotatable bonds is 6. The molecule has 0 aromatic heterocycles. The van der Waals surface area contributed by atoms with Gasteiger partial charge in [0.25, 0.3) is 0 Å². The summed E-state index contributed by atoms with van der Waals surface area (Å²) in [6.07, 6.45) is 3.72. The zero-order valence-corrected chi connectivity index (χ0v) is 8.69. The molecule has 1 unspecified atom stereocenters. The smallest absolute Gasteiger partial charge is 0.326 e. The van der Waals surface area contributed by atoms with Crippen LogP contribution in [-0.2, 0) is 9.59 Å². The Kier molecular flexibility index (Phi) is 5.60. The number of unbranched alkanes of at least 4 members (excludes halogenated alkanes) is 1. The van der Waals surface area contributed by atoms with Crippen LogP contribution in [0.25, 0.3) is 0 Å². The highest BCUT2D eigenvalue weighted by Crippen LogP contribution is 2.08. The lowest BCUT2D eigenvalue weighted by Crippen LogP contribution is -2.41. The van der Waals surface area contributed by atoms with E-state index in [-0.39, 0.29) is 5.91 Å². The summed E-state index contributed by atoms with van der Waals surface area (Å²) < 4.78 is 0. The average Bonchev–Trinajstić information content (AvgIpc) is 2.10. The fourth-order valence-electron chi connectivity index (χ4n) is 1.16. The molecule has 0 radical (unpaired) electrons. The molecule has 0 aromatic rings. The van der Waals surface area contributed by atoms with Gasteiger partial charge in [-0.25, -0.2) is 4.79 Å². The van der Waals surface area contributed by atoms with E-state index in [4.69, 9.17) is 5.11 Å². The summed E-state index contributed by atoms with van der Waals surface area (Å²) in [4.78, 5) is 23.0. The second kappa shape index (κ2) is 6.18. The van der Waals surface area contributed by atoms with Crippen molar-refractivity contribution in [3.05, 3.63) is 12.7 Å². The van der Waals surface area contributed by atoms with E-state index >= 15 is 0 Å². The van der Waals surface area contributed by atoms with Crippen molar-refractivity contribution in [2.75, 3.05) is 7.05 Å². The maximum absolute atomic E-state index is 11.0. The SMILES string of the molecule is C=CCCCC(C(=O)O)N(C)C(C)=O. The summed E-state index contributed by atoms with van der Waals surface area (Å²) in [7, 11) is 1.51. The lowest BCUT2D eigenvalue weighted by molar-refractivity contribution is -0.148. The van der Waals surface area contributed by atoms with Gasteiger partial charge in [-0.3, -0.25) is 4.79 Å². The number of allylic oxidation sites excluding steroid dienone is 1. The summed E-state index contributed by atoms with van der Waals surface area (Å²) >= 11 is 0. The molecular formula is C10H17NO3. The minimum absolute atomic E-state index is 0.226. The molecule has 0 aliphatic rings. The molecule has 0 bridgehead atoms. The second-order valence-corrected chi connectivity index (χ2v) is 3.20. The molecule has 0 saturated heterocycles. The Bertz CT molecular complexity index is 225. The fourth-order valence-corrected chi connectivity index (χ4v) is 1.16. The molecule has 14 heavy (non-hydrogen) atoms. The van der Waals surface area contributed by atoms with Crippen molar-refractivity contribution in [2.45, 2.75) is 32.2 Å². The number of hydrogen-bond donors (Lipinski definition) is 1. The van der Waals surface area contributed by atoms with E-state index in [1.165, 1.54) is 18.9 Å². The van der Waals surface area contributed by atoms with Gasteiger partial charge in [0.05, 0.1) is 0 Å². The lowest BCUT2D eigenvalue weighted by atomic mass is 10.1. The lowest BCUT2D eigenvalue weighted by Gasteiger charge is -2.23. The van der Waals surface area contributed by atoms with Gasteiger partial charge in [-0.15, -0.1) is 6.58 Å². The van der Waals surface area contributed by atoms with Crippen LogP contribution in [0.1, 0.15) is 26.2 Å². The summed E-state index contributed by atoms with van der Waals surface area (Å²) in [5.74, 6) is -1.18. The van der Waals surface area contributed by atoms with Crippen LogP contribution in [0.2, 0.25) is 0 Å². The van der Waals surface area contributed by atoms with Crippen LogP contribution in [-0.4, -0.2) is 35.0 Å². The Morgan fingerprint density at radius 1 is 1.57 bits per heavy atom. The molecule has 0 heterocycles. The van der Waals surface area contributed by atoms with Crippen LogP contribution in [0.5, 0.6) is 0 Å². The summed E-state index contributed by atoms with van der Waals surface area (Å²) in [5.41, 5.74) is 0. The van der Waals surface area contributed by atoms with Gasteiger partial charge < -0.3 is 10.0 Å². The van der Waals surface area contributed by atoms with E-state index in [1.807, 2.05) is 0 Å². The van der Waals surface area contributed by atoms with E-state index in [9.17, 15) is 9.59 Å². The first-order valence-electron chi connectivity index (χ1n) is 4.57. The molecule has 1 N–H and O–H groups in total. The first-order valence-corrected chi connectivity index (χ1v) is 4.57. The highest BCUT2D eigenvalue weighted by molar-refractivity contribution is 5.81. The number of carbonyl (C=O) groups is 2. The normalized spacial score (nSPS) is 11.9. The molecule has 1 atom stereocenters. The minimum Gasteiger partial charge on any atom is -0.480 e. The second-order valence-electron chi connectivity index (χ2n) is 3.20. The van der Waals surface area contributed by atoms with E-state index in [2.05, 4.69) is 6.58 Å². The molecule has 80 valence electrons. The highest BCUT2D eigenvalue weighted by atomic mass is 16.4. The Labute approximate surface area is 84.2 Å². The number of likely N-dealkylation sites (N-methyl/N-ethyl adjacent to an activating group) is 1. The van der Waals surface area contributed by atoms with E-state index in [1.54, 1.807) is 6.08 Å². The van der Waals surface area contributed by atoms with Gasteiger partial charge in [-0.2, -0.15) is 0 Å². The Balaban J connectivity index is 4.21. The van der Waals surface area contributed by atoms with Gasteiger partial charge in [-0.1, -0.05) is 6.08 Å². The quantitative estimate of drug-likeness (QED) is 0.517. The van der Waals surface area contributed by atoms with Crippen molar-refractivity contribution in [1.82, 2.24) is 4.90 Å². The summed E-state index contributed by atoms with van der Waals surface area (Å²) in [6, 6.07) is -0.715. The topological polar surface area (TPSA) is 57.6 Å². The predicted octanol–water partition coefficient (Wildman–Crippen LogP) is 1.27. The first-order chi connectivity index (χ1) is 6.50. The number of hydrogen-bond acceptors (Lipinski definition) is 2. The largest absolute Gasteiger partial charge is 0.480 e. The van der Waals surface area contributed by atoms with E-state index in [0.29, 0.717) is 6.42 Å². The van der Waals surface area contributed by atoms with Crippen molar-refractivity contribution in [3.8, 4) is 0 Å². The van der Waals surface area contributed by atoms with Crippen LogP contribution < -0.4 is 0 Å². The third-order valence-electron chi connectivity index (χ3n) is 2.14. The standard InChI is InChI=1S/C10H17NO3/c1-4-5-6-7-9(10(13)14)11(3)8(2)12/h4,9H,1,5-7H2,2-3H3,(H,13,14). The average molecular weight is 199 g/mol. The molecule has 0 rings (SSSR count). The molecule has 1 amide bonds. The van der Waals surface area contributed by atoms with Crippen LogP contribution in [0, 0.1) is 0 Å². The van der Waals surface area contributed by atoms with Gasteiger partial charge in [0.2, 0.25) is 5.91 Å². The molecule has 0 fully saturated rings. The van der Waals surface area contributed by atoms with E-state index in [0.717, 1.165) is 12.8 Å². The Morgan fingerprint density at radius 2 is 2.14 bits per heavy atom. The van der Waals surface area contributed by atoms with Crippen LogP contribution >= 0.6 is 0 Å². The molecule has 4 nitrogen and oxygen atoms in total. The highest BCUT2D eigenvalue weighted by Gasteiger charge is 2.23. The van der Waals surface area contributed by atoms with Crippen molar-refractivity contribution in [2.24, 2.45) is 0 Å². The van der Waals surface area contributed by atoms with Gasteiger partial charge in [-0.05, 0) is 19.3 Å². The molecular weight excluding hydrogens is 182 g/mol. The molecule has 0 spiro atoms. The van der Waals surface area contributed by atoms with Crippen LogP contribution in [0.3, 0.4) is 0 Å². The summed E-state index contributed by atoms with van der Waals surface area (Å²) in [6.45, 7) is 4.92. The molecule has 0 aromatic carbocycles. The fraction of sp³-hybridized carbons (Fsp3) is 0.600. The maximum atomic E-state index is 11.0. The minimum atomic E-state index is -0.952. The molecule has 0 aliphatic carbocycles. The number of aliphatic carboxylic acids is 1. The number of amides is 1. The van der Waals surface area contributed by atoms with Gasteiger partial charge in [0.15, 0.2) is 0 Å². The number of carboxylic acid groups (broad SMARTS) is 1. The van der Waals surface area contributed by atoms with E-state index < -0.39 is 12.0 Å². The Morgan fingerprint density at radius 3 is 2.50 bits per heavy atom. The van der Waals surface area contributed by atoms with Gasteiger partial charge in [0.1, 0.15) is 6.04 Å². The zero-order chi connectivity index (χ0) is 11.1. The van der Waals surface area contributed by atoms with Crippen molar-refractivity contribution in [1.29, 1.82) is 0 Å². The third-order valence-corrected chi connectivity index (χ3v) is 2.14. The van der Waals surface area contributed by atoms with Gasteiger partial charge >= 0.3 is 5.97 Å². The van der Waals surface area contributed by atoms with Gasteiger partial charge in [0, 0.05) is 14.0 Å². The van der Waals surface area contributed by atoms with Crippen LogP contribution in [0.4, 0.5) is 0 Å². The molecule has 0 aliphatic heterocycles. The number of carbonyl (C=O) groups excluding carboxylic acids is 1. The third kappa shape index (κ3) is 4.07. The molecule has 4 heteroatoms. The summed E-state index contributed by atoms with van der Waals surface area (Å²) in [5, 5.41) is 8.87.